The molecular formula is C14H21ClN2O4. The van der Waals surface area contributed by atoms with Gasteiger partial charge in [-0.1, -0.05) is 11.6 Å². The molecule has 1 amide bonds. The zero-order valence-electron chi connectivity index (χ0n) is 12.3. The third kappa shape index (κ3) is 6.31. The Hall–Kier alpha value is -1.34. The van der Waals surface area contributed by atoms with Gasteiger partial charge in [0.2, 0.25) is 5.91 Å². The molecule has 0 unspecified atom stereocenters. The van der Waals surface area contributed by atoms with Crippen molar-refractivity contribution < 1.29 is 19.4 Å². The Kier molecular flexibility index (Phi) is 8.07. The molecule has 0 aliphatic heterocycles. The number of nitrogens with one attached hydrogen (secondary N) is 1. The number of benzene rings is 1. The van der Waals surface area contributed by atoms with Crippen molar-refractivity contribution in [1.29, 1.82) is 0 Å². The molecule has 1 aromatic rings. The molecule has 0 spiro atoms. The molecule has 6 nitrogen and oxygen atoms in total. The molecule has 0 radical (unpaired) electrons. The summed E-state index contributed by atoms with van der Waals surface area (Å²) in [4.78, 5) is 13.8. The van der Waals surface area contributed by atoms with E-state index in [1.54, 1.807) is 25.3 Å². The molecule has 0 fully saturated rings. The molecule has 0 atom stereocenters. The molecular weight excluding hydrogens is 296 g/mol. The Morgan fingerprint density at radius 3 is 2.71 bits per heavy atom. The van der Waals surface area contributed by atoms with Gasteiger partial charge < -0.3 is 19.9 Å². The van der Waals surface area contributed by atoms with Crippen LogP contribution in [0.25, 0.3) is 0 Å². The number of rotatable bonds is 9. The van der Waals surface area contributed by atoms with Crippen LogP contribution in [-0.4, -0.2) is 63.0 Å². The van der Waals surface area contributed by atoms with Crippen molar-refractivity contribution in [3.8, 4) is 5.75 Å². The first-order valence-corrected chi connectivity index (χ1v) is 6.94. The highest BCUT2D eigenvalue weighted by molar-refractivity contribution is 6.32. The first-order valence-electron chi connectivity index (χ1n) is 6.56. The molecule has 0 aliphatic rings. The van der Waals surface area contributed by atoms with Gasteiger partial charge in [0.25, 0.3) is 0 Å². The number of carbonyl (C=O) groups is 1. The Morgan fingerprint density at radius 2 is 2.14 bits per heavy atom. The van der Waals surface area contributed by atoms with Crippen LogP contribution >= 0.6 is 11.6 Å². The van der Waals surface area contributed by atoms with Crippen molar-refractivity contribution in [3.63, 3.8) is 0 Å². The fraction of sp³-hybridized carbons (Fsp3) is 0.500. The minimum atomic E-state index is -0.180. The maximum absolute atomic E-state index is 12.0. The summed E-state index contributed by atoms with van der Waals surface area (Å²) in [5.74, 6) is 0.373. The van der Waals surface area contributed by atoms with Gasteiger partial charge >= 0.3 is 0 Å². The second-order valence-corrected chi connectivity index (χ2v) is 4.80. The van der Waals surface area contributed by atoms with E-state index in [4.69, 9.17) is 26.2 Å². The number of aliphatic hydroxyl groups excluding tert-OH is 1. The van der Waals surface area contributed by atoms with Crippen molar-refractivity contribution >= 4 is 23.2 Å². The standard InChI is InChI=1S/C14H21ClN2O4/c1-20-8-6-17(5-7-18)10-14(19)16-11-3-4-13(21-2)12(15)9-11/h3-4,9,18H,5-8,10H2,1-2H3,(H,16,19). The molecule has 0 aromatic heterocycles. The van der Waals surface area contributed by atoms with E-state index in [1.807, 2.05) is 4.90 Å². The quantitative estimate of drug-likeness (QED) is 0.717. The number of carbonyl (C=O) groups excluding carboxylic acids is 1. The minimum Gasteiger partial charge on any atom is -0.495 e. The van der Waals surface area contributed by atoms with E-state index in [9.17, 15) is 4.79 Å². The largest absolute Gasteiger partial charge is 0.495 e. The van der Waals surface area contributed by atoms with Gasteiger partial charge in [0, 0.05) is 25.9 Å². The van der Waals surface area contributed by atoms with E-state index in [0.29, 0.717) is 36.2 Å². The third-order valence-electron chi connectivity index (χ3n) is 2.83. The van der Waals surface area contributed by atoms with E-state index < -0.39 is 0 Å². The molecule has 0 bridgehead atoms. The van der Waals surface area contributed by atoms with E-state index in [2.05, 4.69) is 5.32 Å². The second kappa shape index (κ2) is 9.57. The summed E-state index contributed by atoms with van der Waals surface area (Å²) in [6.07, 6.45) is 0. The molecule has 2 N–H and O–H groups in total. The Bertz CT molecular complexity index is 457. The average Bonchev–Trinajstić information content (AvgIpc) is 2.45. The van der Waals surface area contributed by atoms with E-state index in [-0.39, 0.29) is 19.1 Å². The summed E-state index contributed by atoms with van der Waals surface area (Å²) in [7, 11) is 3.12. The van der Waals surface area contributed by atoms with Crippen molar-refractivity contribution in [2.45, 2.75) is 0 Å². The van der Waals surface area contributed by atoms with Gasteiger partial charge in [-0.3, -0.25) is 9.69 Å². The number of hydrogen-bond acceptors (Lipinski definition) is 5. The van der Waals surface area contributed by atoms with Gasteiger partial charge in [0.05, 0.1) is 31.9 Å². The van der Waals surface area contributed by atoms with Crippen LogP contribution in [0.2, 0.25) is 5.02 Å². The predicted molar refractivity (Wildman–Crippen MR) is 82.0 cm³/mol. The van der Waals surface area contributed by atoms with Crippen LogP contribution in [-0.2, 0) is 9.53 Å². The van der Waals surface area contributed by atoms with E-state index >= 15 is 0 Å². The Morgan fingerprint density at radius 1 is 1.38 bits per heavy atom. The van der Waals surface area contributed by atoms with Crippen LogP contribution in [0.3, 0.4) is 0 Å². The van der Waals surface area contributed by atoms with Crippen molar-refractivity contribution in [3.05, 3.63) is 23.2 Å². The predicted octanol–water partition coefficient (Wildman–Crippen LogP) is 1.23. The smallest absolute Gasteiger partial charge is 0.238 e. The lowest BCUT2D eigenvalue weighted by Crippen LogP contribution is -2.37. The highest BCUT2D eigenvalue weighted by atomic mass is 35.5. The molecule has 1 aromatic carbocycles. The van der Waals surface area contributed by atoms with Crippen LogP contribution in [0.5, 0.6) is 5.75 Å². The molecule has 0 heterocycles. The lowest BCUT2D eigenvalue weighted by atomic mass is 10.3. The lowest BCUT2D eigenvalue weighted by Gasteiger charge is -2.20. The third-order valence-corrected chi connectivity index (χ3v) is 3.13. The summed E-state index contributed by atoms with van der Waals surface area (Å²) < 4.78 is 10.0. The number of aliphatic hydroxyl groups is 1. The van der Waals surface area contributed by atoms with Crippen LogP contribution < -0.4 is 10.1 Å². The monoisotopic (exact) mass is 316 g/mol. The molecule has 0 aliphatic carbocycles. The first kappa shape index (κ1) is 17.7. The van der Waals surface area contributed by atoms with Gasteiger partial charge in [0.1, 0.15) is 5.75 Å². The fourth-order valence-corrected chi connectivity index (χ4v) is 2.04. The van der Waals surface area contributed by atoms with Crippen LogP contribution in [0.4, 0.5) is 5.69 Å². The molecule has 21 heavy (non-hydrogen) atoms. The molecule has 7 heteroatoms. The topological polar surface area (TPSA) is 71.0 Å². The van der Waals surface area contributed by atoms with Gasteiger partial charge in [-0.2, -0.15) is 0 Å². The lowest BCUT2D eigenvalue weighted by molar-refractivity contribution is -0.117. The summed E-state index contributed by atoms with van der Waals surface area (Å²) in [5.41, 5.74) is 0.599. The van der Waals surface area contributed by atoms with Crippen molar-refractivity contribution in [2.24, 2.45) is 0 Å². The zero-order valence-corrected chi connectivity index (χ0v) is 13.0. The van der Waals surface area contributed by atoms with Crippen molar-refractivity contribution in [2.75, 3.05) is 52.4 Å². The first-order chi connectivity index (χ1) is 10.1. The SMILES string of the molecule is COCCN(CCO)CC(=O)Nc1ccc(OC)c(Cl)c1. The van der Waals surface area contributed by atoms with Gasteiger partial charge in [-0.05, 0) is 18.2 Å². The normalized spacial score (nSPS) is 10.7. The summed E-state index contributed by atoms with van der Waals surface area (Å²) in [5, 5.41) is 12.2. The minimum absolute atomic E-state index is 0.00857. The highest BCUT2D eigenvalue weighted by Gasteiger charge is 2.11. The van der Waals surface area contributed by atoms with Gasteiger partial charge in [-0.15, -0.1) is 0 Å². The Balaban J connectivity index is 2.56. The maximum atomic E-state index is 12.0. The number of nitrogens with zero attached hydrogens (tertiary/aromatic N) is 1. The summed E-state index contributed by atoms with van der Waals surface area (Å²) >= 11 is 6.00. The number of amides is 1. The Labute approximate surface area is 129 Å². The maximum Gasteiger partial charge on any atom is 0.238 e. The second-order valence-electron chi connectivity index (χ2n) is 4.39. The number of ether oxygens (including phenoxy) is 2. The van der Waals surface area contributed by atoms with E-state index in [1.165, 1.54) is 7.11 Å². The van der Waals surface area contributed by atoms with Gasteiger partial charge in [-0.25, -0.2) is 0 Å². The van der Waals surface area contributed by atoms with Crippen LogP contribution in [0.1, 0.15) is 0 Å². The summed E-state index contributed by atoms with van der Waals surface area (Å²) in [6, 6.07) is 5.03. The molecule has 0 saturated carbocycles. The number of halogens is 1. The number of hydrogen-bond donors (Lipinski definition) is 2. The highest BCUT2D eigenvalue weighted by Crippen LogP contribution is 2.27. The van der Waals surface area contributed by atoms with Crippen LogP contribution in [0, 0.1) is 0 Å². The van der Waals surface area contributed by atoms with E-state index in [0.717, 1.165) is 0 Å². The molecule has 118 valence electrons. The fourth-order valence-electron chi connectivity index (χ4n) is 1.78. The average molecular weight is 317 g/mol. The zero-order chi connectivity index (χ0) is 15.7. The van der Waals surface area contributed by atoms with Gasteiger partial charge in [0.15, 0.2) is 0 Å². The summed E-state index contributed by atoms with van der Waals surface area (Å²) in [6.45, 7) is 1.66. The number of anilines is 1. The van der Waals surface area contributed by atoms with Crippen molar-refractivity contribution in [1.82, 2.24) is 4.90 Å². The van der Waals surface area contributed by atoms with Crippen LogP contribution in [0.15, 0.2) is 18.2 Å². The number of methoxy groups -OCH3 is 2. The molecule has 1 rings (SSSR count). The molecule has 0 saturated heterocycles.